The van der Waals surface area contributed by atoms with E-state index in [1.165, 1.54) is 0 Å². The third kappa shape index (κ3) is 5.75. The summed E-state index contributed by atoms with van der Waals surface area (Å²) in [5.41, 5.74) is 2.00. The van der Waals surface area contributed by atoms with E-state index in [0.29, 0.717) is 41.0 Å². The van der Waals surface area contributed by atoms with Gasteiger partial charge in [0.1, 0.15) is 17.2 Å². The van der Waals surface area contributed by atoms with Crippen molar-refractivity contribution in [1.29, 1.82) is 0 Å². The number of ether oxygens (including phenoxy) is 3. The molecule has 3 aromatic rings. The molecule has 3 aromatic carbocycles. The molecule has 33 heavy (non-hydrogen) atoms. The molecule has 7 nitrogen and oxygen atoms in total. The van der Waals surface area contributed by atoms with Gasteiger partial charge in [0.05, 0.1) is 18.8 Å². The Balaban J connectivity index is 1.42. The van der Waals surface area contributed by atoms with Gasteiger partial charge in [-0.1, -0.05) is 23.7 Å². The molecule has 0 atom stereocenters. The van der Waals surface area contributed by atoms with Gasteiger partial charge in [-0.15, -0.1) is 0 Å². The number of carbonyl (C=O) groups excluding carboxylic acids is 2. The molecule has 4 rings (SSSR count). The molecule has 0 aromatic heterocycles. The van der Waals surface area contributed by atoms with E-state index in [-0.39, 0.29) is 25.0 Å². The van der Waals surface area contributed by atoms with Gasteiger partial charge in [0, 0.05) is 10.7 Å². The number of nitrogens with zero attached hydrogens (tertiary/aromatic N) is 1. The highest BCUT2D eigenvalue weighted by Crippen LogP contribution is 2.35. The van der Waals surface area contributed by atoms with Crippen molar-refractivity contribution >= 4 is 34.8 Å². The van der Waals surface area contributed by atoms with Gasteiger partial charge in [-0.25, -0.2) is 0 Å². The Kier molecular flexibility index (Phi) is 7.00. The minimum absolute atomic E-state index is 0.0464. The van der Waals surface area contributed by atoms with Crippen LogP contribution in [0.3, 0.4) is 0 Å². The molecule has 170 valence electrons. The molecule has 0 unspecified atom stereocenters. The first kappa shape index (κ1) is 22.5. The number of nitrogens with one attached hydrogen (secondary N) is 1. The van der Waals surface area contributed by atoms with Crippen LogP contribution in [0.15, 0.2) is 66.7 Å². The summed E-state index contributed by atoms with van der Waals surface area (Å²) in [6, 6.07) is 19.6. The van der Waals surface area contributed by atoms with Crippen LogP contribution in [0.1, 0.15) is 12.5 Å². The van der Waals surface area contributed by atoms with Gasteiger partial charge >= 0.3 is 0 Å². The summed E-state index contributed by atoms with van der Waals surface area (Å²) in [5.74, 6) is 1.37. The molecule has 2 amide bonds. The van der Waals surface area contributed by atoms with E-state index >= 15 is 0 Å². The molecular formula is C25H23ClN2O5. The topological polar surface area (TPSA) is 77.1 Å². The fraction of sp³-hybridized carbons (Fsp3) is 0.200. The van der Waals surface area contributed by atoms with Crippen LogP contribution in [-0.4, -0.2) is 31.6 Å². The zero-order chi connectivity index (χ0) is 23.2. The van der Waals surface area contributed by atoms with E-state index in [4.69, 9.17) is 25.8 Å². The van der Waals surface area contributed by atoms with Crippen LogP contribution in [0.2, 0.25) is 5.02 Å². The van der Waals surface area contributed by atoms with Gasteiger partial charge in [-0.05, 0) is 67.1 Å². The fourth-order valence-electron chi connectivity index (χ4n) is 3.42. The van der Waals surface area contributed by atoms with Crippen molar-refractivity contribution < 1.29 is 23.8 Å². The standard InChI is InChI=1S/C25H23ClN2O5/c1-2-31-20-7-9-21(10-8-20)32-15-24(29)27-19-6-11-23-22(13-19)28(25(30)16-33-23)14-17-4-3-5-18(26)12-17/h3-13H,2,14-16H2,1H3,(H,27,29). The van der Waals surface area contributed by atoms with Crippen molar-refractivity contribution in [1.82, 2.24) is 0 Å². The number of hydrogen-bond donors (Lipinski definition) is 1. The Morgan fingerprint density at radius 2 is 1.82 bits per heavy atom. The van der Waals surface area contributed by atoms with Crippen LogP contribution in [0.5, 0.6) is 17.2 Å². The van der Waals surface area contributed by atoms with E-state index in [2.05, 4.69) is 5.32 Å². The normalized spacial score (nSPS) is 12.5. The minimum Gasteiger partial charge on any atom is -0.494 e. The Hall–Kier alpha value is -3.71. The van der Waals surface area contributed by atoms with Crippen molar-refractivity contribution in [2.75, 3.05) is 30.0 Å². The first-order valence-electron chi connectivity index (χ1n) is 10.5. The second-order valence-electron chi connectivity index (χ2n) is 7.32. The predicted molar refractivity (Wildman–Crippen MR) is 126 cm³/mol. The highest BCUT2D eigenvalue weighted by molar-refractivity contribution is 6.30. The van der Waals surface area contributed by atoms with Crippen LogP contribution >= 0.6 is 11.6 Å². The molecule has 0 bridgehead atoms. The zero-order valence-corrected chi connectivity index (χ0v) is 18.8. The fourth-order valence-corrected chi connectivity index (χ4v) is 3.63. The van der Waals surface area contributed by atoms with Crippen LogP contribution < -0.4 is 24.4 Å². The molecule has 1 aliphatic rings. The number of rotatable bonds is 8. The van der Waals surface area contributed by atoms with E-state index in [9.17, 15) is 9.59 Å². The quantitative estimate of drug-likeness (QED) is 0.521. The van der Waals surface area contributed by atoms with E-state index in [1.54, 1.807) is 53.4 Å². The average Bonchev–Trinajstić information content (AvgIpc) is 2.81. The lowest BCUT2D eigenvalue weighted by molar-refractivity contribution is -0.121. The molecule has 0 saturated heterocycles. The van der Waals surface area contributed by atoms with Crippen molar-refractivity contribution in [3.05, 3.63) is 77.3 Å². The van der Waals surface area contributed by atoms with Crippen LogP contribution in [-0.2, 0) is 16.1 Å². The molecule has 1 N–H and O–H groups in total. The highest BCUT2D eigenvalue weighted by atomic mass is 35.5. The van der Waals surface area contributed by atoms with Gasteiger partial charge in [0.2, 0.25) is 0 Å². The average molecular weight is 467 g/mol. The van der Waals surface area contributed by atoms with Crippen LogP contribution in [0, 0.1) is 0 Å². The van der Waals surface area contributed by atoms with Crippen molar-refractivity contribution in [2.24, 2.45) is 0 Å². The molecule has 8 heteroatoms. The highest BCUT2D eigenvalue weighted by Gasteiger charge is 2.26. The van der Waals surface area contributed by atoms with Crippen LogP contribution in [0.4, 0.5) is 11.4 Å². The summed E-state index contributed by atoms with van der Waals surface area (Å²) in [4.78, 5) is 26.6. The second-order valence-corrected chi connectivity index (χ2v) is 7.76. The van der Waals surface area contributed by atoms with E-state index in [0.717, 1.165) is 11.3 Å². The first-order chi connectivity index (χ1) is 16.0. The largest absolute Gasteiger partial charge is 0.494 e. The third-order valence-corrected chi connectivity index (χ3v) is 5.16. The summed E-state index contributed by atoms with van der Waals surface area (Å²) in [5, 5.41) is 3.40. The number of halogens is 1. The van der Waals surface area contributed by atoms with Crippen molar-refractivity contribution in [2.45, 2.75) is 13.5 Å². The summed E-state index contributed by atoms with van der Waals surface area (Å²) in [6.07, 6.45) is 0. The maximum Gasteiger partial charge on any atom is 0.265 e. The summed E-state index contributed by atoms with van der Waals surface area (Å²) < 4.78 is 16.5. The lowest BCUT2D eigenvalue weighted by Crippen LogP contribution is -2.38. The molecule has 1 heterocycles. The van der Waals surface area contributed by atoms with Gasteiger partial charge in [-0.2, -0.15) is 0 Å². The molecule has 0 aliphatic carbocycles. The summed E-state index contributed by atoms with van der Waals surface area (Å²) in [6.45, 7) is 2.63. The first-order valence-corrected chi connectivity index (χ1v) is 10.9. The molecule has 0 fully saturated rings. The van der Waals surface area contributed by atoms with E-state index < -0.39 is 0 Å². The smallest absolute Gasteiger partial charge is 0.265 e. The zero-order valence-electron chi connectivity index (χ0n) is 18.0. The summed E-state index contributed by atoms with van der Waals surface area (Å²) >= 11 is 6.08. The minimum atomic E-state index is -0.326. The van der Waals surface area contributed by atoms with Gasteiger partial charge in [0.25, 0.3) is 11.8 Å². The van der Waals surface area contributed by atoms with Gasteiger partial charge in [0.15, 0.2) is 13.2 Å². The Bertz CT molecular complexity index is 1150. The number of hydrogen-bond acceptors (Lipinski definition) is 5. The number of benzene rings is 3. The van der Waals surface area contributed by atoms with Crippen molar-refractivity contribution in [3.8, 4) is 17.2 Å². The van der Waals surface area contributed by atoms with E-state index in [1.807, 2.05) is 25.1 Å². The van der Waals surface area contributed by atoms with Crippen molar-refractivity contribution in [3.63, 3.8) is 0 Å². The summed E-state index contributed by atoms with van der Waals surface area (Å²) in [7, 11) is 0. The molecule has 0 spiro atoms. The maximum absolute atomic E-state index is 12.6. The lowest BCUT2D eigenvalue weighted by Gasteiger charge is -2.30. The molecule has 1 aliphatic heterocycles. The molecular weight excluding hydrogens is 444 g/mol. The molecule has 0 radical (unpaired) electrons. The number of carbonyl (C=O) groups is 2. The van der Waals surface area contributed by atoms with Gasteiger partial charge < -0.3 is 24.4 Å². The number of amides is 2. The number of anilines is 2. The maximum atomic E-state index is 12.6. The monoisotopic (exact) mass is 466 g/mol. The van der Waals surface area contributed by atoms with Gasteiger partial charge in [-0.3, -0.25) is 9.59 Å². The Morgan fingerprint density at radius 3 is 2.55 bits per heavy atom. The third-order valence-electron chi connectivity index (χ3n) is 4.92. The Morgan fingerprint density at radius 1 is 1.06 bits per heavy atom. The predicted octanol–water partition coefficient (Wildman–Crippen LogP) is 4.68. The van der Waals surface area contributed by atoms with Crippen LogP contribution in [0.25, 0.3) is 0 Å². The SMILES string of the molecule is CCOc1ccc(OCC(=O)Nc2ccc3c(c2)N(Cc2cccc(Cl)c2)C(=O)CO3)cc1. The second kappa shape index (κ2) is 10.3. The Labute approximate surface area is 196 Å². The number of fused-ring (bicyclic) bond motifs is 1. The molecule has 0 saturated carbocycles. The lowest BCUT2D eigenvalue weighted by atomic mass is 10.1.